The zero-order valence-corrected chi connectivity index (χ0v) is 13.0. The number of nitrogens with one attached hydrogen (secondary N) is 2. The Morgan fingerprint density at radius 3 is 2.75 bits per heavy atom. The van der Waals surface area contributed by atoms with Gasteiger partial charge in [-0.05, 0) is 33.1 Å². The van der Waals surface area contributed by atoms with E-state index in [1.807, 2.05) is 6.08 Å². The Balaban J connectivity index is 1.99. The molecule has 114 valence electrons. The Morgan fingerprint density at radius 2 is 2.15 bits per heavy atom. The molecule has 2 saturated carbocycles. The molecule has 1 spiro atoms. The van der Waals surface area contributed by atoms with Gasteiger partial charge in [-0.15, -0.1) is 6.58 Å². The summed E-state index contributed by atoms with van der Waals surface area (Å²) in [6.07, 6.45) is 8.62. The summed E-state index contributed by atoms with van der Waals surface area (Å²) in [5, 5.41) is 6.94. The molecule has 0 bridgehead atoms. The van der Waals surface area contributed by atoms with Crippen molar-refractivity contribution in [1.82, 2.24) is 10.6 Å². The molecule has 0 heterocycles. The van der Waals surface area contributed by atoms with Crippen LogP contribution in [0.1, 0.15) is 46.0 Å². The minimum Gasteiger partial charge on any atom is -0.378 e. The summed E-state index contributed by atoms with van der Waals surface area (Å²) in [6, 6.07) is 0.504. The largest absolute Gasteiger partial charge is 0.378 e. The number of hydrogen-bond donors (Lipinski definition) is 2. The molecule has 0 aromatic carbocycles. The summed E-state index contributed by atoms with van der Waals surface area (Å²) in [6.45, 7) is 10.3. The number of aliphatic imine (C=N–C) groups is 1. The first-order valence-electron chi connectivity index (χ1n) is 8.04. The van der Waals surface area contributed by atoms with Gasteiger partial charge in [-0.1, -0.05) is 18.9 Å². The monoisotopic (exact) mass is 279 g/mol. The van der Waals surface area contributed by atoms with Gasteiger partial charge in [0.25, 0.3) is 0 Å². The molecule has 0 radical (unpaired) electrons. The minimum atomic E-state index is 0.348. The average Bonchev–Trinajstić information content (AvgIpc) is 2.96. The van der Waals surface area contributed by atoms with Crippen LogP contribution in [0.15, 0.2) is 17.6 Å². The predicted octanol–water partition coefficient (Wildman–Crippen LogP) is 2.47. The maximum absolute atomic E-state index is 5.95. The van der Waals surface area contributed by atoms with Crippen LogP contribution in [-0.4, -0.2) is 37.8 Å². The first-order chi connectivity index (χ1) is 9.76. The van der Waals surface area contributed by atoms with Gasteiger partial charge in [0.2, 0.25) is 0 Å². The van der Waals surface area contributed by atoms with E-state index in [2.05, 4.69) is 36.1 Å². The van der Waals surface area contributed by atoms with Crippen LogP contribution < -0.4 is 10.6 Å². The van der Waals surface area contributed by atoms with Crippen molar-refractivity contribution in [3.05, 3.63) is 12.7 Å². The molecule has 2 N–H and O–H groups in total. The van der Waals surface area contributed by atoms with Crippen molar-refractivity contribution in [2.75, 3.05) is 19.7 Å². The van der Waals surface area contributed by atoms with Crippen LogP contribution in [-0.2, 0) is 4.74 Å². The molecule has 0 aromatic heterocycles. The lowest BCUT2D eigenvalue weighted by molar-refractivity contribution is -0.125. The van der Waals surface area contributed by atoms with E-state index in [1.165, 1.54) is 25.7 Å². The Hall–Kier alpha value is -1.03. The third-order valence-electron chi connectivity index (χ3n) is 4.72. The molecule has 2 aliphatic rings. The normalized spacial score (nSPS) is 28.2. The Kier molecular flexibility index (Phi) is 5.46. The molecular weight excluding hydrogens is 250 g/mol. The van der Waals surface area contributed by atoms with E-state index in [4.69, 9.17) is 4.74 Å². The molecule has 20 heavy (non-hydrogen) atoms. The molecular formula is C16H29N3O. The fourth-order valence-electron chi connectivity index (χ4n) is 3.73. The third kappa shape index (κ3) is 3.00. The van der Waals surface area contributed by atoms with Gasteiger partial charge in [0.05, 0.1) is 12.6 Å². The van der Waals surface area contributed by atoms with Crippen molar-refractivity contribution in [2.45, 2.75) is 58.1 Å². The lowest BCUT2D eigenvalue weighted by Gasteiger charge is -2.54. The Bertz CT molecular complexity index is 348. The van der Waals surface area contributed by atoms with Crippen molar-refractivity contribution in [3.63, 3.8) is 0 Å². The molecule has 2 atom stereocenters. The maximum Gasteiger partial charge on any atom is 0.191 e. The summed E-state index contributed by atoms with van der Waals surface area (Å²) in [5.74, 6) is 0.915. The third-order valence-corrected chi connectivity index (χ3v) is 4.72. The highest BCUT2D eigenvalue weighted by atomic mass is 16.5. The van der Waals surface area contributed by atoms with Crippen LogP contribution in [0.4, 0.5) is 0 Å². The second kappa shape index (κ2) is 7.11. The van der Waals surface area contributed by atoms with Gasteiger partial charge in [0.1, 0.15) is 0 Å². The summed E-state index contributed by atoms with van der Waals surface area (Å²) >= 11 is 0. The molecule has 2 fully saturated rings. The van der Waals surface area contributed by atoms with Gasteiger partial charge in [-0.3, -0.25) is 0 Å². The number of nitrogens with zero attached hydrogens (tertiary/aromatic N) is 1. The number of hydrogen-bond acceptors (Lipinski definition) is 2. The topological polar surface area (TPSA) is 45.7 Å². The first kappa shape index (κ1) is 15.4. The summed E-state index contributed by atoms with van der Waals surface area (Å²) in [5.41, 5.74) is 0.348. The molecule has 4 nitrogen and oxygen atoms in total. The van der Waals surface area contributed by atoms with E-state index in [-0.39, 0.29) is 0 Å². The van der Waals surface area contributed by atoms with Crippen molar-refractivity contribution in [1.29, 1.82) is 0 Å². The standard InChI is InChI=1S/C16H29N3O/c1-4-11-18-15(17-5-2)19-13-12-14(20-6-3)16(13)9-7-8-10-16/h4,13-14H,1,5-12H2,2-3H3,(H2,17,18,19). The van der Waals surface area contributed by atoms with Crippen LogP contribution in [0.3, 0.4) is 0 Å². The highest BCUT2D eigenvalue weighted by Gasteiger charge is 2.56. The lowest BCUT2D eigenvalue weighted by Crippen LogP contribution is -2.65. The summed E-state index contributed by atoms with van der Waals surface area (Å²) in [4.78, 5) is 4.51. The molecule has 0 amide bonds. The number of rotatable bonds is 6. The van der Waals surface area contributed by atoms with E-state index in [0.717, 1.165) is 25.5 Å². The molecule has 4 heteroatoms. The zero-order valence-electron chi connectivity index (χ0n) is 13.0. The molecule has 0 aromatic rings. The van der Waals surface area contributed by atoms with Gasteiger partial charge in [-0.25, -0.2) is 4.99 Å². The Morgan fingerprint density at radius 1 is 1.40 bits per heavy atom. The van der Waals surface area contributed by atoms with Crippen LogP contribution >= 0.6 is 0 Å². The van der Waals surface area contributed by atoms with E-state index in [0.29, 0.717) is 24.1 Å². The molecule has 2 rings (SSSR count). The maximum atomic E-state index is 5.95. The number of guanidine groups is 1. The van der Waals surface area contributed by atoms with E-state index < -0.39 is 0 Å². The van der Waals surface area contributed by atoms with E-state index >= 15 is 0 Å². The summed E-state index contributed by atoms with van der Waals surface area (Å²) < 4.78 is 5.95. The lowest BCUT2D eigenvalue weighted by atomic mass is 9.60. The predicted molar refractivity (Wildman–Crippen MR) is 84.0 cm³/mol. The fourth-order valence-corrected chi connectivity index (χ4v) is 3.73. The van der Waals surface area contributed by atoms with E-state index in [9.17, 15) is 0 Å². The second-order valence-corrected chi connectivity index (χ2v) is 5.83. The van der Waals surface area contributed by atoms with E-state index in [1.54, 1.807) is 0 Å². The fraction of sp³-hybridized carbons (Fsp3) is 0.812. The first-order valence-corrected chi connectivity index (χ1v) is 8.04. The smallest absolute Gasteiger partial charge is 0.191 e. The second-order valence-electron chi connectivity index (χ2n) is 5.83. The highest BCUT2D eigenvalue weighted by molar-refractivity contribution is 5.80. The van der Waals surface area contributed by atoms with Crippen LogP contribution in [0.5, 0.6) is 0 Å². The quantitative estimate of drug-likeness (QED) is 0.446. The van der Waals surface area contributed by atoms with Crippen molar-refractivity contribution in [2.24, 2.45) is 10.4 Å². The van der Waals surface area contributed by atoms with Crippen LogP contribution in [0.25, 0.3) is 0 Å². The van der Waals surface area contributed by atoms with Crippen LogP contribution in [0.2, 0.25) is 0 Å². The zero-order chi connectivity index (χ0) is 14.4. The molecule has 0 aliphatic heterocycles. The van der Waals surface area contributed by atoms with Crippen molar-refractivity contribution in [3.8, 4) is 0 Å². The average molecular weight is 279 g/mol. The molecule has 0 saturated heterocycles. The van der Waals surface area contributed by atoms with Crippen molar-refractivity contribution >= 4 is 5.96 Å². The van der Waals surface area contributed by atoms with Crippen molar-refractivity contribution < 1.29 is 4.74 Å². The summed E-state index contributed by atoms with van der Waals surface area (Å²) in [7, 11) is 0. The van der Waals surface area contributed by atoms with Gasteiger partial charge in [0, 0.05) is 24.6 Å². The minimum absolute atomic E-state index is 0.348. The molecule has 2 unspecified atom stereocenters. The van der Waals surface area contributed by atoms with Gasteiger partial charge in [-0.2, -0.15) is 0 Å². The van der Waals surface area contributed by atoms with Gasteiger partial charge < -0.3 is 15.4 Å². The SMILES string of the molecule is C=CCN=C(NCC)NC1CC(OCC)C12CCCC2. The Labute approximate surface area is 123 Å². The molecule has 2 aliphatic carbocycles. The highest BCUT2D eigenvalue weighted by Crippen LogP contribution is 2.54. The van der Waals surface area contributed by atoms with Crippen LogP contribution in [0, 0.1) is 5.41 Å². The number of ether oxygens (including phenoxy) is 1. The van der Waals surface area contributed by atoms with Gasteiger partial charge in [0.15, 0.2) is 5.96 Å². The van der Waals surface area contributed by atoms with Gasteiger partial charge >= 0.3 is 0 Å².